The highest BCUT2D eigenvalue weighted by atomic mass is 16.2. The largest absolute Gasteiger partial charge is 0.331 e. The van der Waals surface area contributed by atoms with Crippen LogP contribution in [-0.2, 0) is 16.1 Å². The summed E-state index contributed by atoms with van der Waals surface area (Å²) in [5, 5.41) is 5.60. The fraction of sp³-hybridized carbons (Fsp3) is 0.500. The van der Waals surface area contributed by atoms with Gasteiger partial charge in [-0.3, -0.25) is 24.5 Å². The van der Waals surface area contributed by atoms with Crippen LogP contribution in [0.15, 0.2) is 18.2 Å². The maximum Gasteiger partial charge on any atom is 0.255 e. The molecule has 0 spiro atoms. The molecule has 1 unspecified atom stereocenters. The van der Waals surface area contributed by atoms with Crippen molar-refractivity contribution in [1.29, 1.82) is 0 Å². The van der Waals surface area contributed by atoms with E-state index in [-0.39, 0.29) is 36.2 Å². The molecule has 3 aliphatic heterocycles. The van der Waals surface area contributed by atoms with Crippen LogP contribution in [0.4, 0.5) is 0 Å². The predicted molar refractivity (Wildman–Crippen MR) is 100 cm³/mol. The maximum atomic E-state index is 13.1. The molecule has 148 valence electrons. The van der Waals surface area contributed by atoms with E-state index in [4.69, 9.17) is 0 Å². The van der Waals surface area contributed by atoms with Crippen LogP contribution in [0.25, 0.3) is 0 Å². The highest BCUT2D eigenvalue weighted by Crippen LogP contribution is 2.29. The summed E-state index contributed by atoms with van der Waals surface area (Å²) in [7, 11) is 0. The van der Waals surface area contributed by atoms with Crippen molar-refractivity contribution in [1.82, 2.24) is 20.4 Å². The Kier molecular flexibility index (Phi) is 4.66. The molecule has 0 saturated carbocycles. The number of nitrogens with zero attached hydrogens (tertiary/aromatic N) is 2. The molecule has 0 aliphatic carbocycles. The van der Waals surface area contributed by atoms with Gasteiger partial charge in [-0.05, 0) is 38.0 Å². The number of benzene rings is 1. The van der Waals surface area contributed by atoms with E-state index in [9.17, 15) is 19.2 Å². The number of carbonyl (C=O) groups is 4. The smallest absolute Gasteiger partial charge is 0.255 e. The quantitative estimate of drug-likeness (QED) is 0.713. The highest BCUT2D eigenvalue weighted by Gasteiger charge is 2.39. The summed E-state index contributed by atoms with van der Waals surface area (Å²) in [6.07, 6.45) is 0.547. The fourth-order valence-electron chi connectivity index (χ4n) is 4.37. The zero-order valence-electron chi connectivity index (χ0n) is 16.0. The summed E-state index contributed by atoms with van der Waals surface area (Å²) in [6, 6.07) is 4.69. The van der Waals surface area contributed by atoms with Crippen LogP contribution in [0.3, 0.4) is 0 Å². The van der Waals surface area contributed by atoms with Crippen molar-refractivity contribution >= 4 is 23.6 Å². The standard InChI is InChI=1S/C20H24N4O4/c1-11-8-21-9-12(2)24(11)19(27)13-3-4-14-10-23(20(28)15(14)7-13)16-5-6-17(25)22-18(16)26/h3-4,7,11-12,16,21H,5-6,8-10H2,1-2H3,(H,22,25,26)/t11-,12+,16?. The zero-order chi connectivity index (χ0) is 20.0. The molecule has 4 rings (SSSR count). The lowest BCUT2D eigenvalue weighted by Gasteiger charge is -2.39. The van der Waals surface area contributed by atoms with Gasteiger partial charge in [0.15, 0.2) is 0 Å². The van der Waals surface area contributed by atoms with Gasteiger partial charge < -0.3 is 15.1 Å². The van der Waals surface area contributed by atoms with E-state index in [2.05, 4.69) is 10.6 Å². The minimum atomic E-state index is -0.648. The Bertz CT molecular complexity index is 858. The average Bonchev–Trinajstić information content (AvgIpc) is 2.97. The van der Waals surface area contributed by atoms with Gasteiger partial charge in [-0.15, -0.1) is 0 Å². The number of piperazine rings is 1. The second-order valence-corrected chi connectivity index (χ2v) is 7.84. The van der Waals surface area contributed by atoms with E-state index in [1.165, 1.54) is 4.90 Å². The Morgan fingerprint density at radius 1 is 1.11 bits per heavy atom. The molecule has 1 aromatic rings. The molecule has 2 fully saturated rings. The number of fused-ring (bicyclic) bond motifs is 1. The normalized spacial score (nSPS) is 27.6. The van der Waals surface area contributed by atoms with E-state index in [0.717, 1.165) is 18.7 Å². The van der Waals surface area contributed by atoms with E-state index in [0.29, 0.717) is 24.1 Å². The molecule has 4 amide bonds. The van der Waals surface area contributed by atoms with Gasteiger partial charge in [0.25, 0.3) is 11.8 Å². The topological polar surface area (TPSA) is 98.8 Å². The zero-order valence-corrected chi connectivity index (χ0v) is 16.0. The van der Waals surface area contributed by atoms with Gasteiger partial charge in [-0.25, -0.2) is 0 Å². The summed E-state index contributed by atoms with van der Waals surface area (Å²) in [4.78, 5) is 52.9. The molecule has 28 heavy (non-hydrogen) atoms. The molecule has 2 N–H and O–H groups in total. The van der Waals surface area contributed by atoms with Crippen molar-refractivity contribution in [2.45, 2.75) is 51.4 Å². The highest BCUT2D eigenvalue weighted by molar-refractivity contribution is 6.06. The lowest BCUT2D eigenvalue weighted by molar-refractivity contribution is -0.136. The minimum Gasteiger partial charge on any atom is -0.331 e. The molecule has 8 heteroatoms. The molecular weight excluding hydrogens is 360 g/mol. The van der Waals surface area contributed by atoms with Crippen molar-refractivity contribution in [3.05, 3.63) is 34.9 Å². The van der Waals surface area contributed by atoms with Gasteiger partial charge in [-0.1, -0.05) is 6.07 Å². The number of hydrogen-bond donors (Lipinski definition) is 2. The van der Waals surface area contributed by atoms with Gasteiger partial charge >= 0.3 is 0 Å². The van der Waals surface area contributed by atoms with E-state index >= 15 is 0 Å². The van der Waals surface area contributed by atoms with E-state index in [1.54, 1.807) is 18.2 Å². The van der Waals surface area contributed by atoms with Crippen molar-refractivity contribution in [2.75, 3.05) is 13.1 Å². The number of hydrogen-bond acceptors (Lipinski definition) is 5. The van der Waals surface area contributed by atoms with Crippen molar-refractivity contribution in [3.8, 4) is 0 Å². The van der Waals surface area contributed by atoms with Gasteiger partial charge in [0.05, 0.1) is 0 Å². The van der Waals surface area contributed by atoms with Crippen molar-refractivity contribution in [3.63, 3.8) is 0 Å². The van der Waals surface area contributed by atoms with Crippen LogP contribution in [0.1, 0.15) is 53.0 Å². The molecule has 3 aliphatic rings. The Balaban J connectivity index is 1.57. The van der Waals surface area contributed by atoms with Crippen molar-refractivity contribution < 1.29 is 19.2 Å². The third-order valence-electron chi connectivity index (χ3n) is 5.84. The molecule has 3 atom stereocenters. The molecule has 0 radical (unpaired) electrons. The second-order valence-electron chi connectivity index (χ2n) is 7.84. The van der Waals surface area contributed by atoms with Gasteiger partial charge in [0.1, 0.15) is 6.04 Å². The number of imide groups is 1. The minimum absolute atomic E-state index is 0.0696. The number of rotatable bonds is 2. The van der Waals surface area contributed by atoms with Crippen LogP contribution in [0.2, 0.25) is 0 Å². The van der Waals surface area contributed by atoms with E-state index in [1.807, 2.05) is 18.7 Å². The Hall–Kier alpha value is -2.74. The maximum absolute atomic E-state index is 13.1. The lowest BCUT2D eigenvalue weighted by Crippen LogP contribution is -2.57. The molecule has 8 nitrogen and oxygen atoms in total. The molecular formula is C20H24N4O4. The van der Waals surface area contributed by atoms with Crippen LogP contribution >= 0.6 is 0 Å². The fourth-order valence-corrected chi connectivity index (χ4v) is 4.37. The first kappa shape index (κ1) is 18.6. The molecule has 2 saturated heterocycles. The summed E-state index contributed by atoms with van der Waals surface area (Å²) >= 11 is 0. The SMILES string of the molecule is C[C@@H]1CNC[C@H](C)N1C(=O)c1ccc2c(c1)C(=O)N(C1CCC(=O)NC1=O)C2. The summed E-state index contributed by atoms with van der Waals surface area (Å²) in [5.74, 6) is -1.09. The molecule has 1 aromatic carbocycles. The first-order chi connectivity index (χ1) is 13.4. The van der Waals surface area contributed by atoms with Crippen molar-refractivity contribution in [2.24, 2.45) is 0 Å². The Morgan fingerprint density at radius 2 is 1.82 bits per heavy atom. The summed E-state index contributed by atoms with van der Waals surface area (Å²) < 4.78 is 0. The number of piperidine rings is 1. The number of amides is 4. The Morgan fingerprint density at radius 3 is 2.50 bits per heavy atom. The second kappa shape index (κ2) is 7.01. The average molecular weight is 384 g/mol. The van der Waals surface area contributed by atoms with Gasteiger partial charge in [0, 0.05) is 49.3 Å². The lowest BCUT2D eigenvalue weighted by atomic mass is 10.0. The first-order valence-corrected chi connectivity index (χ1v) is 9.67. The first-order valence-electron chi connectivity index (χ1n) is 9.67. The monoisotopic (exact) mass is 384 g/mol. The Labute approximate surface area is 163 Å². The van der Waals surface area contributed by atoms with Crippen LogP contribution < -0.4 is 10.6 Å². The van der Waals surface area contributed by atoms with Crippen LogP contribution in [-0.4, -0.2) is 64.6 Å². The van der Waals surface area contributed by atoms with Crippen LogP contribution in [0.5, 0.6) is 0 Å². The van der Waals surface area contributed by atoms with Gasteiger partial charge in [0.2, 0.25) is 11.8 Å². The third-order valence-corrected chi connectivity index (χ3v) is 5.84. The molecule has 0 aromatic heterocycles. The third kappa shape index (κ3) is 3.07. The predicted octanol–water partition coefficient (Wildman–Crippen LogP) is 0.270. The van der Waals surface area contributed by atoms with Crippen LogP contribution in [0, 0.1) is 0 Å². The van der Waals surface area contributed by atoms with E-state index < -0.39 is 11.9 Å². The summed E-state index contributed by atoms with van der Waals surface area (Å²) in [6.45, 7) is 5.80. The summed E-state index contributed by atoms with van der Waals surface area (Å²) in [5.41, 5.74) is 1.75. The molecule has 0 bridgehead atoms. The number of carbonyl (C=O) groups excluding carboxylic acids is 4. The number of nitrogens with one attached hydrogen (secondary N) is 2. The van der Waals surface area contributed by atoms with Gasteiger partial charge in [-0.2, -0.15) is 0 Å². The molecule has 3 heterocycles.